The number of hydrogen-bond acceptors (Lipinski definition) is 8. The molecule has 0 aliphatic heterocycles. The lowest BCUT2D eigenvalue weighted by Gasteiger charge is -2.14. The zero-order chi connectivity index (χ0) is 25.1. The van der Waals surface area contributed by atoms with Crippen LogP contribution in [0.1, 0.15) is 25.0 Å². The van der Waals surface area contributed by atoms with Crippen molar-refractivity contribution in [3.63, 3.8) is 0 Å². The fourth-order valence-electron chi connectivity index (χ4n) is 2.72. The number of aliphatic hydroxyl groups excluding tert-OH is 1. The van der Waals surface area contributed by atoms with Crippen molar-refractivity contribution >= 4 is 29.1 Å². The molecule has 0 aliphatic carbocycles. The van der Waals surface area contributed by atoms with Crippen LogP contribution >= 0.6 is 0 Å². The number of benzene rings is 2. The van der Waals surface area contributed by atoms with Gasteiger partial charge in [0.05, 0.1) is 12.7 Å². The zero-order valence-electron chi connectivity index (χ0n) is 20.7. The highest BCUT2D eigenvalue weighted by molar-refractivity contribution is 5.88. The summed E-state index contributed by atoms with van der Waals surface area (Å²) in [6, 6.07) is 17.8. The zero-order valence-corrected chi connectivity index (χ0v) is 20.7. The predicted molar refractivity (Wildman–Crippen MR) is 141 cm³/mol. The van der Waals surface area contributed by atoms with Gasteiger partial charge in [0.1, 0.15) is 23.7 Å². The Labute approximate surface area is 197 Å². The standard InChI is InChI=1S/C21H23N5O.C2H6.CH5N.CH4O/c1-22-19(15-8-7-11-17(12-15)27-3)13-18-20(23-2)24-14-25-21(18)26-16-9-5-4-6-10-16;3*1-2/h4-14,22H,1-3H3,(H2,23,24,25,26);1-2H3;2H2,1H3;2H,1H3/b19-13-;;;. The van der Waals surface area contributed by atoms with E-state index in [9.17, 15) is 0 Å². The van der Waals surface area contributed by atoms with E-state index in [-0.39, 0.29) is 0 Å². The van der Waals surface area contributed by atoms with Crippen LogP contribution in [-0.2, 0) is 0 Å². The first-order chi connectivity index (χ1) is 16.2. The molecule has 1 aromatic heterocycles. The van der Waals surface area contributed by atoms with Gasteiger partial charge in [0.2, 0.25) is 0 Å². The molecule has 0 unspecified atom stereocenters. The number of rotatable bonds is 7. The largest absolute Gasteiger partial charge is 0.497 e. The first kappa shape index (κ1) is 29.4. The number of para-hydroxylation sites is 1. The first-order valence-electron chi connectivity index (χ1n) is 10.7. The third kappa shape index (κ3) is 9.18. The fraction of sp³-hybridized carbons (Fsp3) is 0.280. The van der Waals surface area contributed by atoms with Gasteiger partial charge in [-0.05, 0) is 37.4 Å². The molecule has 0 saturated heterocycles. The molecule has 2 aromatic carbocycles. The molecule has 0 fully saturated rings. The van der Waals surface area contributed by atoms with Gasteiger partial charge in [-0.1, -0.05) is 44.2 Å². The Kier molecular flexibility index (Phi) is 16.0. The molecule has 3 rings (SSSR count). The molecule has 3 aromatic rings. The monoisotopic (exact) mass is 454 g/mol. The van der Waals surface area contributed by atoms with Crippen molar-refractivity contribution in [2.45, 2.75) is 13.8 Å². The molecule has 0 bridgehead atoms. The average molecular weight is 455 g/mol. The molecule has 0 saturated carbocycles. The molecule has 180 valence electrons. The molecule has 0 radical (unpaired) electrons. The highest BCUT2D eigenvalue weighted by Gasteiger charge is 2.11. The normalized spacial score (nSPS) is 9.55. The van der Waals surface area contributed by atoms with Gasteiger partial charge in [0.25, 0.3) is 0 Å². The van der Waals surface area contributed by atoms with Crippen LogP contribution in [0.3, 0.4) is 0 Å². The second kappa shape index (κ2) is 18.0. The van der Waals surface area contributed by atoms with E-state index in [4.69, 9.17) is 9.84 Å². The van der Waals surface area contributed by atoms with Gasteiger partial charge in [-0.2, -0.15) is 0 Å². The second-order valence-electron chi connectivity index (χ2n) is 5.77. The number of nitrogens with two attached hydrogens (primary N) is 1. The van der Waals surface area contributed by atoms with E-state index in [0.29, 0.717) is 0 Å². The lowest BCUT2D eigenvalue weighted by atomic mass is 10.1. The van der Waals surface area contributed by atoms with Gasteiger partial charge in [-0.3, -0.25) is 0 Å². The quantitative estimate of drug-likeness (QED) is 0.361. The Hall–Kier alpha value is -3.62. The molecule has 8 nitrogen and oxygen atoms in total. The third-order valence-electron chi connectivity index (χ3n) is 4.10. The molecule has 0 spiro atoms. The van der Waals surface area contributed by atoms with Crippen LogP contribution in [0.5, 0.6) is 5.75 Å². The van der Waals surface area contributed by atoms with Gasteiger partial charge in [0, 0.05) is 38.2 Å². The molecular formula is C25H38N6O2. The fourth-order valence-corrected chi connectivity index (χ4v) is 2.72. The number of methoxy groups -OCH3 is 1. The summed E-state index contributed by atoms with van der Waals surface area (Å²) in [5.41, 5.74) is 8.25. The van der Waals surface area contributed by atoms with Crippen LogP contribution in [0, 0.1) is 0 Å². The van der Waals surface area contributed by atoms with Gasteiger partial charge in [-0.15, -0.1) is 0 Å². The minimum Gasteiger partial charge on any atom is -0.497 e. The van der Waals surface area contributed by atoms with Crippen molar-refractivity contribution in [2.75, 3.05) is 46.0 Å². The van der Waals surface area contributed by atoms with Crippen LogP contribution in [-0.4, -0.2) is 50.4 Å². The van der Waals surface area contributed by atoms with E-state index < -0.39 is 0 Å². The number of aliphatic hydroxyl groups is 1. The summed E-state index contributed by atoms with van der Waals surface area (Å²) in [5, 5.41) is 16.8. The molecular weight excluding hydrogens is 416 g/mol. The average Bonchev–Trinajstić information content (AvgIpc) is 2.91. The van der Waals surface area contributed by atoms with E-state index in [1.165, 1.54) is 7.05 Å². The van der Waals surface area contributed by atoms with Crippen LogP contribution in [0.4, 0.5) is 17.3 Å². The Morgan fingerprint density at radius 1 is 0.939 bits per heavy atom. The Balaban J connectivity index is 0.00000158. The third-order valence-corrected chi connectivity index (χ3v) is 4.10. The van der Waals surface area contributed by atoms with Crippen molar-refractivity contribution in [1.29, 1.82) is 0 Å². The van der Waals surface area contributed by atoms with Crippen molar-refractivity contribution in [3.05, 3.63) is 72.1 Å². The summed E-state index contributed by atoms with van der Waals surface area (Å²) in [6.07, 6.45) is 3.56. The van der Waals surface area contributed by atoms with Crippen molar-refractivity contribution in [3.8, 4) is 5.75 Å². The summed E-state index contributed by atoms with van der Waals surface area (Å²) in [4.78, 5) is 8.79. The van der Waals surface area contributed by atoms with E-state index in [1.807, 2.05) is 88.6 Å². The maximum atomic E-state index is 7.00. The predicted octanol–water partition coefficient (Wildman–Crippen LogP) is 4.20. The Bertz CT molecular complexity index is 933. The highest BCUT2D eigenvalue weighted by atomic mass is 16.5. The lowest BCUT2D eigenvalue weighted by molar-refractivity contribution is 0.399. The van der Waals surface area contributed by atoms with Crippen LogP contribution < -0.4 is 26.4 Å². The topological polar surface area (TPSA) is 117 Å². The summed E-state index contributed by atoms with van der Waals surface area (Å²) in [7, 11) is 7.89. The van der Waals surface area contributed by atoms with Crippen molar-refractivity contribution < 1.29 is 9.84 Å². The summed E-state index contributed by atoms with van der Waals surface area (Å²) >= 11 is 0. The van der Waals surface area contributed by atoms with Crippen molar-refractivity contribution in [1.82, 2.24) is 15.3 Å². The van der Waals surface area contributed by atoms with E-state index >= 15 is 0 Å². The molecule has 0 atom stereocenters. The van der Waals surface area contributed by atoms with Crippen LogP contribution in [0.25, 0.3) is 11.8 Å². The Morgan fingerprint density at radius 2 is 1.58 bits per heavy atom. The van der Waals surface area contributed by atoms with E-state index in [2.05, 4.69) is 31.7 Å². The van der Waals surface area contributed by atoms with Gasteiger partial charge < -0.3 is 31.5 Å². The number of nitrogens with one attached hydrogen (secondary N) is 3. The first-order valence-corrected chi connectivity index (χ1v) is 10.7. The number of anilines is 3. The molecule has 1 heterocycles. The van der Waals surface area contributed by atoms with Crippen LogP contribution in [0.15, 0.2) is 60.9 Å². The van der Waals surface area contributed by atoms with Gasteiger partial charge in [0.15, 0.2) is 0 Å². The second-order valence-corrected chi connectivity index (χ2v) is 5.77. The summed E-state index contributed by atoms with van der Waals surface area (Å²) < 4.78 is 5.34. The maximum absolute atomic E-state index is 7.00. The minimum absolute atomic E-state index is 0.719. The number of nitrogens with zero attached hydrogens (tertiary/aromatic N) is 2. The minimum atomic E-state index is 0.719. The lowest BCUT2D eigenvalue weighted by Crippen LogP contribution is -2.07. The number of hydrogen-bond donors (Lipinski definition) is 5. The van der Waals surface area contributed by atoms with Gasteiger partial charge >= 0.3 is 0 Å². The maximum Gasteiger partial charge on any atom is 0.143 e. The van der Waals surface area contributed by atoms with Crippen LogP contribution in [0.2, 0.25) is 0 Å². The molecule has 8 heteroatoms. The summed E-state index contributed by atoms with van der Waals surface area (Å²) in [6.45, 7) is 4.00. The molecule has 33 heavy (non-hydrogen) atoms. The van der Waals surface area contributed by atoms with Gasteiger partial charge in [-0.25, -0.2) is 9.97 Å². The smallest absolute Gasteiger partial charge is 0.143 e. The van der Waals surface area contributed by atoms with Crippen molar-refractivity contribution in [2.24, 2.45) is 5.73 Å². The SMILES string of the molecule is CC.CN.CN/C(=C\c1c(NC)ncnc1Nc1ccccc1)c1cccc(OC)c1.CO. The molecule has 0 aliphatic rings. The molecule has 0 amide bonds. The molecule has 6 N–H and O–H groups in total. The Morgan fingerprint density at radius 3 is 2.15 bits per heavy atom. The number of ether oxygens (including phenoxy) is 1. The van der Waals surface area contributed by atoms with E-state index in [1.54, 1.807) is 13.4 Å². The summed E-state index contributed by atoms with van der Waals surface area (Å²) in [5.74, 6) is 2.25. The highest BCUT2D eigenvalue weighted by Crippen LogP contribution is 2.28. The van der Waals surface area contributed by atoms with E-state index in [0.717, 1.165) is 47.0 Å². The number of aromatic nitrogens is 2.